The maximum Gasteiger partial charge on any atom is 0.196 e. The lowest BCUT2D eigenvalue weighted by molar-refractivity contribution is -0.0466. The van der Waals surface area contributed by atoms with Gasteiger partial charge in [-0.2, -0.15) is 0 Å². The molecule has 1 aliphatic carbocycles. The van der Waals surface area contributed by atoms with E-state index < -0.39 is 6.29 Å². The van der Waals surface area contributed by atoms with E-state index >= 15 is 0 Å². The van der Waals surface area contributed by atoms with Crippen LogP contribution in [0.4, 0.5) is 0 Å². The summed E-state index contributed by atoms with van der Waals surface area (Å²) in [5.41, 5.74) is 2.88. The Kier molecular flexibility index (Phi) is 5.60. The fourth-order valence-electron chi connectivity index (χ4n) is 5.11. The van der Waals surface area contributed by atoms with Crippen molar-refractivity contribution >= 4 is 0 Å². The van der Waals surface area contributed by atoms with Gasteiger partial charge in [0.25, 0.3) is 0 Å². The number of ether oxygens (including phenoxy) is 1. The van der Waals surface area contributed by atoms with Crippen LogP contribution < -0.4 is 5.32 Å². The number of piperidine rings is 1. The standard InChI is InChI=1S/C24H31N3O3/c28-23(29)21-7-6-17(14-25-21)15-27-10-8-24(9-11-27)13-19(16-30-24)26-22-12-20(22)18-4-2-1-3-5-18/h1-7,14,19-20,22-23,26,28-29H,8-13,15-16H2/t19?,20-,22+/m0/s1. The summed E-state index contributed by atoms with van der Waals surface area (Å²) in [5.74, 6) is 0.663. The number of rotatable bonds is 6. The molecule has 0 radical (unpaired) electrons. The zero-order valence-corrected chi connectivity index (χ0v) is 17.3. The topological polar surface area (TPSA) is 77.9 Å². The lowest BCUT2D eigenvalue weighted by atomic mass is 9.87. The molecule has 2 aromatic rings. The Morgan fingerprint density at radius 2 is 1.93 bits per heavy atom. The van der Waals surface area contributed by atoms with Crippen LogP contribution in [-0.2, 0) is 11.3 Å². The summed E-state index contributed by atoms with van der Waals surface area (Å²) in [7, 11) is 0. The number of benzene rings is 1. The van der Waals surface area contributed by atoms with Crippen LogP contribution in [0, 0.1) is 0 Å². The van der Waals surface area contributed by atoms with Crippen LogP contribution in [0.2, 0.25) is 0 Å². The van der Waals surface area contributed by atoms with Crippen molar-refractivity contribution in [1.82, 2.24) is 15.2 Å². The molecule has 3 aliphatic rings. The summed E-state index contributed by atoms with van der Waals surface area (Å²) >= 11 is 0. The number of aliphatic hydroxyl groups is 2. The van der Waals surface area contributed by atoms with Crippen molar-refractivity contribution in [2.45, 2.75) is 62.1 Å². The van der Waals surface area contributed by atoms with E-state index in [0.29, 0.717) is 23.7 Å². The number of likely N-dealkylation sites (tertiary alicyclic amines) is 1. The highest BCUT2D eigenvalue weighted by Gasteiger charge is 2.46. The molecule has 1 spiro atoms. The first kappa shape index (κ1) is 20.1. The smallest absolute Gasteiger partial charge is 0.196 e. The second-order valence-electron chi connectivity index (χ2n) is 9.16. The number of pyridine rings is 1. The molecule has 1 unspecified atom stereocenters. The molecule has 160 valence electrons. The molecular formula is C24H31N3O3. The number of aromatic nitrogens is 1. The summed E-state index contributed by atoms with van der Waals surface area (Å²) in [6, 6.07) is 15.5. The van der Waals surface area contributed by atoms with Crippen molar-refractivity contribution in [2.24, 2.45) is 0 Å². The summed E-state index contributed by atoms with van der Waals surface area (Å²) in [4.78, 5) is 6.56. The quantitative estimate of drug-likeness (QED) is 0.636. The summed E-state index contributed by atoms with van der Waals surface area (Å²) in [6.45, 7) is 3.71. The maximum absolute atomic E-state index is 9.17. The van der Waals surface area contributed by atoms with E-state index in [0.717, 1.165) is 51.1 Å². The molecule has 6 heteroatoms. The lowest BCUT2D eigenvalue weighted by Gasteiger charge is -2.38. The summed E-state index contributed by atoms with van der Waals surface area (Å²) < 4.78 is 6.35. The Hall–Kier alpha value is -1.83. The first-order valence-corrected chi connectivity index (χ1v) is 11.1. The van der Waals surface area contributed by atoms with Gasteiger partial charge in [-0.3, -0.25) is 9.88 Å². The van der Waals surface area contributed by atoms with Crippen molar-refractivity contribution in [2.75, 3.05) is 19.7 Å². The molecule has 3 N–H and O–H groups in total. The second kappa shape index (κ2) is 8.36. The Balaban J connectivity index is 1.08. The van der Waals surface area contributed by atoms with Gasteiger partial charge >= 0.3 is 0 Å². The van der Waals surface area contributed by atoms with Crippen LogP contribution in [0.1, 0.15) is 54.7 Å². The second-order valence-corrected chi connectivity index (χ2v) is 9.16. The number of aliphatic hydroxyl groups excluding tert-OH is 1. The molecule has 3 atom stereocenters. The fourth-order valence-corrected chi connectivity index (χ4v) is 5.11. The SMILES string of the molecule is OC(O)c1ccc(CN2CCC3(CC2)CC(N[C@@H]2C[C@H]2c2ccccc2)CO3)cn1. The molecule has 2 saturated heterocycles. The third kappa shape index (κ3) is 4.43. The van der Waals surface area contributed by atoms with Crippen molar-refractivity contribution in [3.05, 3.63) is 65.5 Å². The fraction of sp³-hybridized carbons (Fsp3) is 0.542. The number of nitrogens with one attached hydrogen (secondary N) is 1. The van der Waals surface area contributed by atoms with E-state index in [1.807, 2.05) is 6.07 Å². The Bertz CT molecular complexity index is 835. The largest absolute Gasteiger partial charge is 0.373 e. The van der Waals surface area contributed by atoms with E-state index in [-0.39, 0.29) is 5.60 Å². The monoisotopic (exact) mass is 409 g/mol. The van der Waals surface area contributed by atoms with Crippen LogP contribution in [0.3, 0.4) is 0 Å². The Morgan fingerprint density at radius 1 is 1.13 bits per heavy atom. The van der Waals surface area contributed by atoms with Gasteiger partial charge in [0.2, 0.25) is 0 Å². The van der Waals surface area contributed by atoms with Crippen molar-refractivity contribution < 1.29 is 14.9 Å². The molecule has 3 fully saturated rings. The van der Waals surface area contributed by atoms with Crippen LogP contribution in [0.25, 0.3) is 0 Å². The van der Waals surface area contributed by atoms with Gasteiger partial charge in [-0.05, 0) is 42.9 Å². The molecule has 0 bridgehead atoms. The zero-order valence-electron chi connectivity index (χ0n) is 17.3. The van der Waals surface area contributed by atoms with Crippen molar-refractivity contribution in [3.63, 3.8) is 0 Å². The Morgan fingerprint density at radius 3 is 2.63 bits per heavy atom. The van der Waals surface area contributed by atoms with Crippen molar-refractivity contribution in [3.8, 4) is 0 Å². The Labute approximate surface area is 177 Å². The molecule has 0 amide bonds. The predicted octanol–water partition coefficient (Wildman–Crippen LogP) is 2.33. The zero-order chi connectivity index (χ0) is 20.6. The highest BCUT2D eigenvalue weighted by Crippen LogP contribution is 2.43. The van der Waals surface area contributed by atoms with Crippen LogP contribution in [0.5, 0.6) is 0 Å². The van der Waals surface area contributed by atoms with Crippen LogP contribution in [0.15, 0.2) is 48.7 Å². The van der Waals surface area contributed by atoms with Gasteiger partial charge in [-0.1, -0.05) is 36.4 Å². The van der Waals surface area contributed by atoms with Gasteiger partial charge in [0.1, 0.15) is 0 Å². The van der Waals surface area contributed by atoms with E-state index in [1.54, 1.807) is 12.3 Å². The number of nitrogens with zero attached hydrogens (tertiary/aromatic N) is 2. The minimum absolute atomic E-state index is 0.0361. The number of hydrogen-bond donors (Lipinski definition) is 3. The molecule has 30 heavy (non-hydrogen) atoms. The van der Waals surface area contributed by atoms with Gasteiger partial charge in [0.15, 0.2) is 6.29 Å². The highest BCUT2D eigenvalue weighted by molar-refractivity contribution is 5.28. The van der Waals surface area contributed by atoms with E-state index in [4.69, 9.17) is 14.9 Å². The predicted molar refractivity (Wildman–Crippen MR) is 114 cm³/mol. The minimum atomic E-state index is -1.51. The van der Waals surface area contributed by atoms with Gasteiger partial charge in [0, 0.05) is 43.8 Å². The molecule has 1 aromatic carbocycles. The van der Waals surface area contributed by atoms with Crippen LogP contribution in [-0.4, -0.2) is 57.5 Å². The first-order valence-electron chi connectivity index (χ1n) is 11.1. The molecule has 5 rings (SSSR count). The third-order valence-electron chi connectivity index (χ3n) is 6.96. The molecule has 2 aliphatic heterocycles. The molecule has 3 heterocycles. The van der Waals surface area contributed by atoms with Gasteiger partial charge in [-0.15, -0.1) is 0 Å². The summed E-state index contributed by atoms with van der Waals surface area (Å²) in [5, 5.41) is 22.2. The van der Waals surface area contributed by atoms with E-state index in [1.165, 1.54) is 12.0 Å². The summed E-state index contributed by atoms with van der Waals surface area (Å²) in [6.07, 6.45) is 4.72. The average molecular weight is 410 g/mol. The minimum Gasteiger partial charge on any atom is -0.373 e. The number of hydrogen-bond acceptors (Lipinski definition) is 6. The average Bonchev–Trinajstić information content (AvgIpc) is 3.43. The van der Waals surface area contributed by atoms with Crippen LogP contribution >= 0.6 is 0 Å². The van der Waals surface area contributed by atoms with Crippen molar-refractivity contribution in [1.29, 1.82) is 0 Å². The van der Waals surface area contributed by atoms with E-state index in [9.17, 15) is 0 Å². The molecule has 6 nitrogen and oxygen atoms in total. The molecule has 1 saturated carbocycles. The van der Waals surface area contributed by atoms with Gasteiger partial charge in [0.05, 0.1) is 17.9 Å². The first-order chi connectivity index (χ1) is 14.6. The normalized spacial score (nSPS) is 28.3. The molecular weight excluding hydrogens is 378 g/mol. The maximum atomic E-state index is 9.17. The van der Waals surface area contributed by atoms with Gasteiger partial charge < -0.3 is 20.3 Å². The molecule has 1 aromatic heterocycles. The van der Waals surface area contributed by atoms with E-state index in [2.05, 4.69) is 45.5 Å². The lowest BCUT2D eigenvalue weighted by Crippen LogP contribution is -2.44. The third-order valence-corrected chi connectivity index (χ3v) is 6.96. The van der Waals surface area contributed by atoms with Gasteiger partial charge in [-0.25, -0.2) is 0 Å². The highest BCUT2D eigenvalue weighted by atomic mass is 16.5.